The third-order valence-electron chi connectivity index (χ3n) is 2.59. The summed E-state index contributed by atoms with van der Waals surface area (Å²) in [5.74, 6) is -0.208. The number of nitrogens with two attached hydrogens (primary N) is 1. The summed E-state index contributed by atoms with van der Waals surface area (Å²) in [6.45, 7) is 0. The van der Waals surface area contributed by atoms with Crippen molar-refractivity contribution in [1.82, 2.24) is 0 Å². The van der Waals surface area contributed by atoms with Gasteiger partial charge in [-0.3, -0.25) is 4.72 Å². The van der Waals surface area contributed by atoms with Crippen molar-refractivity contribution < 1.29 is 8.42 Å². The fourth-order valence-electron chi connectivity index (χ4n) is 1.65. The SMILES string of the molecule is Nc1ccccc1CS(=O)(=O)Nc1ccc(Cl)c(Cl)c1. The third-order valence-corrected chi connectivity index (χ3v) is 4.57. The predicted molar refractivity (Wildman–Crippen MR) is 83.6 cm³/mol. The number of halogens is 2. The number of hydrogen-bond acceptors (Lipinski definition) is 3. The van der Waals surface area contributed by atoms with Gasteiger partial charge in [-0.05, 0) is 29.8 Å². The molecule has 7 heteroatoms. The first-order valence-corrected chi connectivity index (χ1v) is 8.07. The van der Waals surface area contributed by atoms with E-state index < -0.39 is 10.0 Å². The van der Waals surface area contributed by atoms with Crippen LogP contribution in [0.1, 0.15) is 5.56 Å². The van der Waals surface area contributed by atoms with Crippen molar-refractivity contribution in [3.8, 4) is 0 Å². The highest BCUT2D eigenvalue weighted by Gasteiger charge is 2.14. The lowest BCUT2D eigenvalue weighted by Crippen LogP contribution is -2.15. The Hall–Kier alpha value is -1.43. The van der Waals surface area contributed by atoms with Crippen LogP contribution in [-0.4, -0.2) is 8.42 Å². The smallest absolute Gasteiger partial charge is 0.236 e. The molecular formula is C13H12Cl2N2O2S. The number of nitrogen functional groups attached to an aromatic ring is 1. The Morgan fingerprint density at radius 2 is 1.75 bits per heavy atom. The van der Waals surface area contributed by atoms with Crippen LogP contribution in [0.4, 0.5) is 11.4 Å². The van der Waals surface area contributed by atoms with Gasteiger partial charge < -0.3 is 5.73 Å². The molecule has 0 spiro atoms. The van der Waals surface area contributed by atoms with Crippen LogP contribution in [0.5, 0.6) is 0 Å². The van der Waals surface area contributed by atoms with Crippen LogP contribution in [0.2, 0.25) is 10.0 Å². The monoisotopic (exact) mass is 330 g/mol. The van der Waals surface area contributed by atoms with E-state index in [9.17, 15) is 8.42 Å². The maximum atomic E-state index is 12.1. The first kappa shape index (κ1) is 15.0. The summed E-state index contributed by atoms with van der Waals surface area (Å²) in [6.07, 6.45) is 0. The standard InChI is InChI=1S/C13H12Cl2N2O2S/c14-11-6-5-10(7-12(11)15)17-20(18,19)8-9-3-1-2-4-13(9)16/h1-7,17H,8,16H2. The Morgan fingerprint density at radius 3 is 2.40 bits per heavy atom. The zero-order valence-corrected chi connectivity index (χ0v) is 12.6. The van der Waals surface area contributed by atoms with Crippen LogP contribution < -0.4 is 10.5 Å². The van der Waals surface area contributed by atoms with Gasteiger partial charge in [0, 0.05) is 5.69 Å². The highest BCUT2D eigenvalue weighted by atomic mass is 35.5. The number of sulfonamides is 1. The lowest BCUT2D eigenvalue weighted by Gasteiger charge is -2.10. The number of anilines is 2. The normalized spacial score (nSPS) is 11.3. The number of nitrogens with one attached hydrogen (secondary N) is 1. The molecule has 0 aliphatic rings. The molecular weight excluding hydrogens is 319 g/mol. The lowest BCUT2D eigenvalue weighted by atomic mass is 10.2. The Bertz CT molecular complexity index is 733. The molecule has 4 nitrogen and oxygen atoms in total. The summed E-state index contributed by atoms with van der Waals surface area (Å²) in [6, 6.07) is 11.3. The van der Waals surface area contributed by atoms with Gasteiger partial charge in [0.15, 0.2) is 0 Å². The molecule has 0 aliphatic heterocycles. The van der Waals surface area contributed by atoms with Gasteiger partial charge in [-0.25, -0.2) is 8.42 Å². The highest BCUT2D eigenvalue weighted by Crippen LogP contribution is 2.26. The first-order chi connectivity index (χ1) is 9.37. The van der Waals surface area contributed by atoms with E-state index in [0.717, 1.165) is 0 Å². The lowest BCUT2D eigenvalue weighted by molar-refractivity contribution is 0.600. The molecule has 2 rings (SSSR count). The molecule has 0 amide bonds. The van der Waals surface area contributed by atoms with Crippen LogP contribution in [0.3, 0.4) is 0 Å². The highest BCUT2D eigenvalue weighted by molar-refractivity contribution is 7.91. The van der Waals surface area contributed by atoms with Crippen LogP contribution in [0, 0.1) is 0 Å². The van der Waals surface area contributed by atoms with E-state index in [4.69, 9.17) is 28.9 Å². The van der Waals surface area contributed by atoms with Crippen molar-refractivity contribution in [2.45, 2.75) is 5.75 Å². The molecule has 0 saturated carbocycles. The van der Waals surface area contributed by atoms with Crippen molar-refractivity contribution in [3.05, 3.63) is 58.1 Å². The average Bonchev–Trinajstić information content (AvgIpc) is 2.36. The van der Waals surface area contributed by atoms with E-state index >= 15 is 0 Å². The van der Waals surface area contributed by atoms with E-state index in [1.807, 2.05) is 0 Å². The minimum atomic E-state index is -3.57. The summed E-state index contributed by atoms with van der Waals surface area (Å²) in [5.41, 5.74) is 7.07. The maximum Gasteiger partial charge on any atom is 0.236 e. The fourth-order valence-corrected chi connectivity index (χ4v) is 3.17. The molecule has 2 aromatic rings. The Morgan fingerprint density at radius 1 is 1.05 bits per heavy atom. The van der Waals surface area contributed by atoms with Crippen LogP contribution >= 0.6 is 23.2 Å². The largest absolute Gasteiger partial charge is 0.398 e. The van der Waals surface area contributed by atoms with E-state index in [0.29, 0.717) is 22.0 Å². The second-order valence-electron chi connectivity index (χ2n) is 4.19. The van der Waals surface area contributed by atoms with Gasteiger partial charge >= 0.3 is 0 Å². The van der Waals surface area contributed by atoms with E-state index in [-0.39, 0.29) is 10.8 Å². The second-order valence-corrected chi connectivity index (χ2v) is 6.73. The van der Waals surface area contributed by atoms with Gasteiger partial charge in [-0.15, -0.1) is 0 Å². The van der Waals surface area contributed by atoms with Gasteiger partial charge in [0.25, 0.3) is 0 Å². The Labute approximate surface area is 127 Å². The summed E-state index contributed by atoms with van der Waals surface area (Å²) in [4.78, 5) is 0. The molecule has 0 unspecified atom stereocenters. The summed E-state index contributed by atoms with van der Waals surface area (Å²) in [7, 11) is -3.57. The molecule has 0 atom stereocenters. The van der Waals surface area contributed by atoms with E-state index in [1.165, 1.54) is 12.1 Å². The molecule has 0 bridgehead atoms. The fraction of sp³-hybridized carbons (Fsp3) is 0.0769. The molecule has 0 saturated heterocycles. The van der Waals surface area contributed by atoms with Crippen LogP contribution in [0.15, 0.2) is 42.5 Å². The molecule has 0 heterocycles. The van der Waals surface area contributed by atoms with Crippen molar-refractivity contribution in [3.63, 3.8) is 0 Å². The maximum absolute atomic E-state index is 12.1. The topological polar surface area (TPSA) is 72.2 Å². The Kier molecular flexibility index (Phi) is 4.42. The predicted octanol–water partition coefficient (Wildman–Crippen LogP) is 3.52. The summed E-state index contributed by atoms with van der Waals surface area (Å²) < 4.78 is 26.6. The van der Waals surface area contributed by atoms with Crippen molar-refractivity contribution in [2.75, 3.05) is 10.5 Å². The minimum Gasteiger partial charge on any atom is -0.398 e. The van der Waals surface area contributed by atoms with Gasteiger partial charge in [-0.2, -0.15) is 0 Å². The molecule has 0 aliphatic carbocycles. The summed E-state index contributed by atoms with van der Waals surface area (Å²) >= 11 is 11.6. The molecule has 0 radical (unpaired) electrons. The quantitative estimate of drug-likeness (QED) is 0.842. The first-order valence-electron chi connectivity index (χ1n) is 5.66. The van der Waals surface area contributed by atoms with Crippen molar-refractivity contribution in [2.24, 2.45) is 0 Å². The van der Waals surface area contributed by atoms with Gasteiger partial charge in [-0.1, -0.05) is 41.4 Å². The van der Waals surface area contributed by atoms with Gasteiger partial charge in [0.2, 0.25) is 10.0 Å². The van der Waals surface area contributed by atoms with Gasteiger partial charge in [0.05, 0.1) is 21.5 Å². The number of para-hydroxylation sites is 1. The second kappa shape index (κ2) is 5.91. The zero-order chi connectivity index (χ0) is 14.8. The minimum absolute atomic E-state index is 0.208. The van der Waals surface area contributed by atoms with Crippen LogP contribution in [-0.2, 0) is 15.8 Å². The summed E-state index contributed by atoms with van der Waals surface area (Å²) in [5, 5.41) is 0.646. The average molecular weight is 331 g/mol. The molecule has 0 aromatic heterocycles. The molecule has 3 N–H and O–H groups in total. The third kappa shape index (κ3) is 3.79. The van der Waals surface area contributed by atoms with Crippen molar-refractivity contribution in [1.29, 1.82) is 0 Å². The molecule has 106 valence electrons. The van der Waals surface area contributed by atoms with Gasteiger partial charge in [0.1, 0.15) is 0 Å². The van der Waals surface area contributed by atoms with E-state index in [2.05, 4.69) is 4.72 Å². The number of benzene rings is 2. The zero-order valence-electron chi connectivity index (χ0n) is 10.3. The van der Waals surface area contributed by atoms with Crippen molar-refractivity contribution >= 4 is 44.6 Å². The molecule has 0 fully saturated rings. The molecule has 2 aromatic carbocycles. The number of hydrogen-bond donors (Lipinski definition) is 2. The van der Waals surface area contributed by atoms with Crippen LogP contribution in [0.25, 0.3) is 0 Å². The molecule has 20 heavy (non-hydrogen) atoms. The Balaban J connectivity index is 2.19. The number of rotatable bonds is 4. The van der Waals surface area contributed by atoms with E-state index in [1.54, 1.807) is 30.3 Å².